The van der Waals surface area contributed by atoms with Gasteiger partial charge in [-0.25, -0.2) is 0 Å². The van der Waals surface area contributed by atoms with Gasteiger partial charge in [0, 0.05) is 5.39 Å². The van der Waals surface area contributed by atoms with Crippen molar-refractivity contribution in [3.05, 3.63) is 64.8 Å². The molecule has 118 valence electrons. The van der Waals surface area contributed by atoms with Crippen molar-refractivity contribution < 1.29 is 14.3 Å². The molecular formula is C16H15N3O4. The fourth-order valence-electron chi connectivity index (χ4n) is 2.27. The Morgan fingerprint density at radius 2 is 2.13 bits per heavy atom. The fraction of sp³-hybridized carbons (Fsp3) is 0.188. The van der Waals surface area contributed by atoms with Crippen molar-refractivity contribution in [2.24, 2.45) is 0 Å². The molecule has 1 aromatic carbocycles. The summed E-state index contributed by atoms with van der Waals surface area (Å²) in [6, 6.07) is 10.2. The van der Waals surface area contributed by atoms with Crippen LogP contribution in [0.25, 0.3) is 10.9 Å². The molecule has 1 atom stereocenters. The number of carbonyl (C=O) groups excluding carboxylic acids is 1. The van der Waals surface area contributed by atoms with Crippen molar-refractivity contribution in [3.8, 4) is 0 Å². The van der Waals surface area contributed by atoms with Gasteiger partial charge in [-0.2, -0.15) is 5.10 Å². The number of amides is 1. The van der Waals surface area contributed by atoms with E-state index in [2.05, 4.69) is 10.4 Å². The van der Waals surface area contributed by atoms with Gasteiger partial charge in [0.1, 0.15) is 18.4 Å². The van der Waals surface area contributed by atoms with Gasteiger partial charge in [0.15, 0.2) is 0 Å². The lowest BCUT2D eigenvalue weighted by atomic mass is 10.2. The van der Waals surface area contributed by atoms with Crippen LogP contribution in [0.4, 0.5) is 0 Å². The van der Waals surface area contributed by atoms with Gasteiger partial charge in [0.05, 0.1) is 24.5 Å². The van der Waals surface area contributed by atoms with E-state index in [0.717, 1.165) is 0 Å². The first kappa shape index (κ1) is 15.0. The van der Waals surface area contributed by atoms with E-state index in [-0.39, 0.29) is 24.4 Å². The summed E-state index contributed by atoms with van der Waals surface area (Å²) in [4.78, 5) is 23.8. The minimum Gasteiger partial charge on any atom is -0.467 e. The molecule has 0 aliphatic heterocycles. The molecule has 0 radical (unpaired) electrons. The molecule has 2 aromatic heterocycles. The van der Waals surface area contributed by atoms with E-state index in [9.17, 15) is 14.7 Å². The summed E-state index contributed by atoms with van der Waals surface area (Å²) in [5, 5.41) is 17.0. The maximum absolute atomic E-state index is 12.0. The Kier molecular flexibility index (Phi) is 4.20. The largest absolute Gasteiger partial charge is 0.467 e. The average Bonchev–Trinajstić information content (AvgIpc) is 3.10. The summed E-state index contributed by atoms with van der Waals surface area (Å²) in [5.74, 6) is 0.0640. The molecule has 0 saturated heterocycles. The number of hydrogen-bond donors (Lipinski definition) is 2. The first-order valence-electron chi connectivity index (χ1n) is 7.08. The molecule has 3 rings (SSSR count). The van der Waals surface area contributed by atoms with Crippen molar-refractivity contribution in [2.75, 3.05) is 6.54 Å². The highest BCUT2D eigenvalue weighted by Gasteiger charge is 2.13. The average molecular weight is 313 g/mol. The van der Waals surface area contributed by atoms with Crippen LogP contribution in [-0.2, 0) is 11.3 Å². The minimum atomic E-state index is -0.910. The SMILES string of the molecule is O=C(Cn1ncc(=O)c2ccccc21)NCC(O)c1ccco1. The van der Waals surface area contributed by atoms with Crippen LogP contribution in [0.3, 0.4) is 0 Å². The number of hydrogen-bond acceptors (Lipinski definition) is 5. The van der Waals surface area contributed by atoms with Crippen LogP contribution in [-0.4, -0.2) is 27.3 Å². The molecule has 2 heterocycles. The Balaban J connectivity index is 1.69. The smallest absolute Gasteiger partial charge is 0.241 e. The second-order valence-corrected chi connectivity index (χ2v) is 5.02. The number of nitrogens with one attached hydrogen (secondary N) is 1. The molecule has 1 amide bonds. The summed E-state index contributed by atoms with van der Waals surface area (Å²) in [7, 11) is 0. The van der Waals surface area contributed by atoms with Gasteiger partial charge in [0.2, 0.25) is 11.3 Å². The highest BCUT2D eigenvalue weighted by molar-refractivity contribution is 5.81. The summed E-state index contributed by atoms with van der Waals surface area (Å²) in [6.07, 6.45) is 1.73. The van der Waals surface area contributed by atoms with E-state index in [0.29, 0.717) is 16.7 Å². The quantitative estimate of drug-likeness (QED) is 0.727. The lowest BCUT2D eigenvalue weighted by Gasteiger charge is -2.11. The molecule has 7 nitrogen and oxygen atoms in total. The van der Waals surface area contributed by atoms with Gasteiger partial charge >= 0.3 is 0 Å². The number of benzene rings is 1. The minimum absolute atomic E-state index is 0.0322. The number of rotatable bonds is 5. The molecule has 7 heteroatoms. The summed E-state index contributed by atoms with van der Waals surface area (Å²) < 4.78 is 6.51. The summed E-state index contributed by atoms with van der Waals surface area (Å²) >= 11 is 0. The molecule has 1 unspecified atom stereocenters. The maximum Gasteiger partial charge on any atom is 0.241 e. The Labute approximate surface area is 131 Å². The van der Waals surface area contributed by atoms with Crippen LogP contribution in [0.5, 0.6) is 0 Å². The first-order chi connectivity index (χ1) is 11.1. The molecule has 0 bridgehead atoms. The highest BCUT2D eigenvalue weighted by atomic mass is 16.4. The Morgan fingerprint density at radius 1 is 1.30 bits per heavy atom. The fourth-order valence-corrected chi connectivity index (χ4v) is 2.27. The highest BCUT2D eigenvalue weighted by Crippen LogP contribution is 2.11. The topological polar surface area (TPSA) is 97.4 Å². The van der Waals surface area contributed by atoms with Crippen LogP contribution in [0.2, 0.25) is 0 Å². The Hall–Kier alpha value is -2.93. The third kappa shape index (κ3) is 3.29. The zero-order valence-electron chi connectivity index (χ0n) is 12.2. The third-order valence-corrected chi connectivity index (χ3v) is 3.42. The van der Waals surface area contributed by atoms with Crippen LogP contribution in [0.1, 0.15) is 11.9 Å². The van der Waals surface area contributed by atoms with Crippen molar-refractivity contribution in [1.29, 1.82) is 0 Å². The van der Waals surface area contributed by atoms with Gasteiger partial charge in [-0.15, -0.1) is 0 Å². The number of furan rings is 1. The van der Waals surface area contributed by atoms with E-state index in [1.54, 1.807) is 36.4 Å². The van der Waals surface area contributed by atoms with Crippen molar-refractivity contribution in [1.82, 2.24) is 15.1 Å². The molecular weight excluding hydrogens is 298 g/mol. The van der Waals surface area contributed by atoms with Gasteiger partial charge in [-0.3, -0.25) is 14.3 Å². The summed E-state index contributed by atoms with van der Waals surface area (Å²) in [6.45, 7) is -0.0177. The molecule has 23 heavy (non-hydrogen) atoms. The van der Waals surface area contributed by atoms with Crippen LogP contribution < -0.4 is 10.7 Å². The summed E-state index contributed by atoms with van der Waals surface area (Å²) in [5.41, 5.74) is 0.396. The molecule has 0 aliphatic rings. The number of para-hydroxylation sites is 1. The number of carbonyl (C=O) groups is 1. The number of aliphatic hydroxyl groups is 1. The second-order valence-electron chi connectivity index (χ2n) is 5.02. The van der Waals surface area contributed by atoms with Gasteiger partial charge < -0.3 is 14.8 Å². The van der Waals surface area contributed by atoms with E-state index in [1.165, 1.54) is 17.1 Å². The maximum atomic E-state index is 12.0. The van der Waals surface area contributed by atoms with E-state index in [1.807, 2.05) is 0 Å². The van der Waals surface area contributed by atoms with Crippen molar-refractivity contribution >= 4 is 16.8 Å². The molecule has 3 aromatic rings. The molecule has 2 N–H and O–H groups in total. The normalized spacial score (nSPS) is 12.2. The van der Waals surface area contributed by atoms with Crippen LogP contribution in [0, 0.1) is 0 Å². The zero-order chi connectivity index (χ0) is 16.2. The monoisotopic (exact) mass is 313 g/mol. The first-order valence-corrected chi connectivity index (χ1v) is 7.08. The standard InChI is InChI=1S/C16H15N3O4/c20-13-9-18-19(12-5-2-1-4-11(12)13)10-16(22)17-8-14(21)15-6-3-7-23-15/h1-7,9,14,21H,8,10H2,(H,17,22). The van der Waals surface area contributed by atoms with Crippen LogP contribution >= 0.6 is 0 Å². The lowest BCUT2D eigenvalue weighted by molar-refractivity contribution is -0.122. The second kappa shape index (κ2) is 6.45. The zero-order valence-corrected chi connectivity index (χ0v) is 12.2. The number of aromatic nitrogens is 2. The Bertz CT molecular complexity index is 870. The van der Waals surface area contributed by atoms with E-state index >= 15 is 0 Å². The third-order valence-electron chi connectivity index (χ3n) is 3.42. The Morgan fingerprint density at radius 3 is 2.91 bits per heavy atom. The van der Waals surface area contributed by atoms with Gasteiger partial charge in [-0.05, 0) is 24.3 Å². The lowest BCUT2D eigenvalue weighted by Crippen LogP contribution is -2.32. The van der Waals surface area contributed by atoms with E-state index in [4.69, 9.17) is 4.42 Å². The number of aliphatic hydroxyl groups excluding tert-OH is 1. The molecule has 0 fully saturated rings. The van der Waals surface area contributed by atoms with Crippen molar-refractivity contribution in [3.63, 3.8) is 0 Å². The van der Waals surface area contributed by atoms with Crippen molar-refractivity contribution in [2.45, 2.75) is 12.6 Å². The predicted molar refractivity (Wildman–Crippen MR) is 82.7 cm³/mol. The number of nitrogens with zero attached hydrogens (tertiary/aromatic N) is 2. The molecule has 0 saturated carbocycles. The van der Waals surface area contributed by atoms with Crippen LogP contribution in [0.15, 0.2) is 58.1 Å². The van der Waals surface area contributed by atoms with Gasteiger partial charge in [-0.1, -0.05) is 12.1 Å². The number of fused-ring (bicyclic) bond motifs is 1. The molecule has 0 aliphatic carbocycles. The predicted octanol–water partition coefficient (Wildman–Crippen LogP) is 0.839. The van der Waals surface area contributed by atoms with E-state index < -0.39 is 6.10 Å². The van der Waals surface area contributed by atoms with Gasteiger partial charge in [0.25, 0.3) is 0 Å². The molecule has 0 spiro atoms.